The summed E-state index contributed by atoms with van der Waals surface area (Å²) in [5.74, 6) is -0.719. The molecule has 4 nitrogen and oxygen atoms in total. The summed E-state index contributed by atoms with van der Waals surface area (Å²) < 4.78 is 0. The van der Waals surface area contributed by atoms with E-state index in [1.807, 2.05) is 0 Å². The largest absolute Gasteiger partial charge is 0.480 e. The zero-order chi connectivity index (χ0) is 8.48. The number of carboxylic acids is 1. The van der Waals surface area contributed by atoms with Gasteiger partial charge in [0.05, 0.1) is 0 Å². The van der Waals surface area contributed by atoms with Crippen molar-refractivity contribution in [3.63, 3.8) is 0 Å². The van der Waals surface area contributed by atoms with E-state index < -0.39 is 11.5 Å². The van der Waals surface area contributed by atoms with Crippen LogP contribution < -0.4 is 11.5 Å². The molecule has 5 heteroatoms. The highest BCUT2D eigenvalue weighted by Crippen LogP contribution is 2.44. The van der Waals surface area contributed by atoms with Crippen molar-refractivity contribution in [2.45, 2.75) is 24.8 Å². The molecule has 0 aromatic carbocycles. The summed E-state index contributed by atoms with van der Waals surface area (Å²) in [6.45, 7) is 0.617. The van der Waals surface area contributed by atoms with Gasteiger partial charge in [-0.15, -0.1) is 12.4 Å². The molecule has 72 valence electrons. The molecule has 1 rings (SSSR count). The van der Waals surface area contributed by atoms with E-state index in [1.165, 1.54) is 0 Å². The molecule has 0 radical (unpaired) electrons. The van der Waals surface area contributed by atoms with Crippen LogP contribution in [0.3, 0.4) is 0 Å². The lowest BCUT2D eigenvalue weighted by molar-refractivity contribution is -0.140. The van der Waals surface area contributed by atoms with Crippen molar-refractivity contribution in [1.82, 2.24) is 0 Å². The van der Waals surface area contributed by atoms with E-state index in [-0.39, 0.29) is 18.3 Å². The molecular formula is C7H15ClN2O2. The van der Waals surface area contributed by atoms with Crippen molar-refractivity contribution < 1.29 is 9.90 Å². The topological polar surface area (TPSA) is 89.3 Å². The Labute approximate surface area is 77.7 Å². The van der Waals surface area contributed by atoms with E-state index in [0.717, 1.165) is 12.8 Å². The number of carbonyl (C=O) groups is 1. The molecule has 1 fully saturated rings. The molecular weight excluding hydrogens is 180 g/mol. The van der Waals surface area contributed by atoms with Gasteiger partial charge in [0.15, 0.2) is 0 Å². The van der Waals surface area contributed by atoms with Crippen LogP contribution >= 0.6 is 12.4 Å². The highest BCUT2D eigenvalue weighted by molar-refractivity contribution is 5.85. The van der Waals surface area contributed by atoms with Crippen LogP contribution in [0, 0.1) is 5.92 Å². The van der Waals surface area contributed by atoms with Crippen LogP contribution in [0.25, 0.3) is 0 Å². The van der Waals surface area contributed by atoms with Gasteiger partial charge in [0.1, 0.15) is 5.54 Å². The van der Waals surface area contributed by atoms with Gasteiger partial charge in [0.25, 0.3) is 0 Å². The maximum absolute atomic E-state index is 10.5. The van der Waals surface area contributed by atoms with Gasteiger partial charge in [-0.3, -0.25) is 4.79 Å². The molecule has 0 aromatic heterocycles. The van der Waals surface area contributed by atoms with Crippen LogP contribution in [0.15, 0.2) is 0 Å². The molecule has 0 bridgehead atoms. The predicted molar refractivity (Wildman–Crippen MR) is 48.2 cm³/mol. The molecule has 1 unspecified atom stereocenters. The summed E-state index contributed by atoms with van der Waals surface area (Å²) in [7, 11) is 0. The number of carboxylic acid groups (broad SMARTS) is 1. The molecule has 0 amide bonds. The second-order valence-electron chi connectivity index (χ2n) is 3.18. The fraction of sp³-hybridized carbons (Fsp3) is 0.857. The van der Waals surface area contributed by atoms with Gasteiger partial charge in [-0.2, -0.15) is 0 Å². The van der Waals surface area contributed by atoms with Gasteiger partial charge < -0.3 is 16.6 Å². The summed E-state index contributed by atoms with van der Waals surface area (Å²) >= 11 is 0. The van der Waals surface area contributed by atoms with E-state index in [4.69, 9.17) is 16.6 Å². The van der Waals surface area contributed by atoms with Crippen molar-refractivity contribution in [2.24, 2.45) is 17.4 Å². The van der Waals surface area contributed by atoms with Crippen molar-refractivity contribution in [2.75, 3.05) is 6.54 Å². The lowest BCUT2D eigenvalue weighted by Gasteiger charge is -2.03. The van der Waals surface area contributed by atoms with Crippen LogP contribution in [-0.4, -0.2) is 23.2 Å². The van der Waals surface area contributed by atoms with E-state index in [9.17, 15) is 4.79 Å². The second kappa shape index (κ2) is 4.07. The van der Waals surface area contributed by atoms with Crippen molar-refractivity contribution in [3.8, 4) is 0 Å². The third kappa shape index (κ3) is 2.09. The third-order valence-corrected chi connectivity index (χ3v) is 2.31. The minimum absolute atomic E-state index is 0. The monoisotopic (exact) mass is 194 g/mol. The van der Waals surface area contributed by atoms with E-state index in [1.54, 1.807) is 0 Å². The molecule has 0 spiro atoms. The lowest BCUT2D eigenvalue weighted by atomic mass is 10.1. The molecule has 1 aliphatic carbocycles. The van der Waals surface area contributed by atoms with Gasteiger partial charge in [-0.25, -0.2) is 0 Å². The Morgan fingerprint density at radius 1 is 1.67 bits per heavy atom. The highest BCUT2D eigenvalue weighted by Gasteiger charge is 2.56. The van der Waals surface area contributed by atoms with Crippen LogP contribution in [0.5, 0.6) is 0 Å². The molecule has 5 N–H and O–H groups in total. The number of hydrogen-bond donors (Lipinski definition) is 3. The normalized spacial score (nSPS) is 32.3. The van der Waals surface area contributed by atoms with Crippen LogP contribution in [0.2, 0.25) is 0 Å². The van der Waals surface area contributed by atoms with Gasteiger partial charge in [-0.1, -0.05) is 0 Å². The molecule has 12 heavy (non-hydrogen) atoms. The molecule has 2 atom stereocenters. The Balaban J connectivity index is 0.00000121. The molecule has 0 heterocycles. The van der Waals surface area contributed by atoms with Crippen LogP contribution in [-0.2, 0) is 4.79 Å². The zero-order valence-electron chi connectivity index (χ0n) is 6.82. The SMILES string of the molecule is Cl.NCCCC1C[C@@]1(N)C(=O)O. The van der Waals surface area contributed by atoms with E-state index in [0.29, 0.717) is 13.0 Å². The lowest BCUT2D eigenvalue weighted by Crippen LogP contribution is -2.35. The zero-order valence-corrected chi connectivity index (χ0v) is 7.64. The maximum Gasteiger partial charge on any atom is 0.323 e. The van der Waals surface area contributed by atoms with Crippen LogP contribution in [0.4, 0.5) is 0 Å². The smallest absolute Gasteiger partial charge is 0.323 e. The quantitative estimate of drug-likeness (QED) is 0.586. The Kier molecular flexibility index (Phi) is 3.96. The minimum atomic E-state index is -0.921. The number of aliphatic carboxylic acids is 1. The first-order chi connectivity index (χ1) is 5.11. The fourth-order valence-electron chi connectivity index (χ4n) is 1.33. The van der Waals surface area contributed by atoms with E-state index in [2.05, 4.69) is 0 Å². The van der Waals surface area contributed by atoms with Crippen molar-refractivity contribution >= 4 is 18.4 Å². The molecule has 0 aromatic rings. The second-order valence-corrected chi connectivity index (χ2v) is 3.18. The summed E-state index contributed by atoms with van der Waals surface area (Å²) in [4.78, 5) is 10.5. The summed E-state index contributed by atoms with van der Waals surface area (Å²) in [5.41, 5.74) is 9.89. The summed E-state index contributed by atoms with van der Waals surface area (Å²) in [5, 5.41) is 8.63. The van der Waals surface area contributed by atoms with Gasteiger partial charge >= 0.3 is 5.97 Å². The Hall–Kier alpha value is -0.320. The first-order valence-electron chi connectivity index (χ1n) is 3.83. The number of rotatable bonds is 4. The first-order valence-corrected chi connectivity index (χ1v) is 3.83. The van der Waals surface area contributed by atoms with Crippen LogP contribution in [0.1, 0.15) is 19.3 Å². The summed E-state index contributed by atoms with van der Waals surface area (Å²) in [6, 6.07) is 0. The Morgan fingerprint density at radius 2 is 2.25 bits per heavy atom. The molecule has 0 saturated heterocycles. The van der Waals surface area contributed by atoms with Gasteiger partial charge in [0, 0.05) is 0 Å². The Morgan fingerprint density at radius 3 is 2.58 bits per heavy atom. The number of nitrogens with two attached hydrogens (primary N) is 2. The molecule has 1 saturated carbocycles. The molecule has 0 aliphatic heterocycles. The number of hydrogen-bond acceptors (Lipinski definition) is 3. The fourth-order valence-corrected chi connectivity index (χ4v) is 1.33. The highest BCUT2D eigenvalue weighted by atomic mass is 35.5. The van der Waals surface area contributed by atoms with Crippen molar-refractivity contribution in [1.29, 1.82) is 0 Å². The minimum Gasteiger partial charge on any atom is -0.480 e. The molecule has 1 aliphatic rings. The van der Waals surface area contributed by atoms with Gasteiger partial charge in [0.2, 0.25) is 0 Å². The first kappa shape index (κ1) is 11.7. The maximum atomic E-state index is 10.5. The predicted octanol–water partition coefficient (Wildman–Crippen LogP) is -0.0509. The summed E-state index contributed by atoms with van der Waals surface area (Å²) in [6.07, 6.45) is 2.33. The average molecular weight is 195 g/mol. The van der Waals surface area contributed by atoms with Gasteiger partial charge in [-0.05, 0) is 31.7 Å². The van der Waals surface area contributed by atoms with E-state index >= 15 is 0 Å². The third-order valence-electron chi connectivity index (χ3n) is 2.31. The van der Waals surface area contributed by atoms with Crippen molar-refractivity contribution in [3.05, 3.63) is 0 Å². The average Bonchev–Trinajstić information content (AvgIpc) is 2.59. The number of halogens is 1. The standard InChI is InChI=1S/C7H14N2O2.ClH/c8-3-1-2-5-4-7(5,9)6(10)11;/h5H,1-4,8-9H2,(H,10,11);1H/t5?,7-;/m0./s1. The Bertz CT molecular complexity index is 177.